The Kier molecular flexibility index (Phi) is 3.11. The first-order valence-electron chi connectivity index (χ1n) is 7.74. The Balaban J connectivity index is 1.63. The summed E-state index contributed by atoms with van der Waals surface area (Å²) in [6.07, 6.45) is 10.2. The third-order valence-electron chi connectivity index (χ3n) is 4.45. The van der Waals surface area contributed by atoms with Crippen LogP contribution in [0.1, 0.15) is 32.1 Å². The third-order valence-corrected chi connectivity index (χ3v) is 4.45. The molecule has 0 bridgehead atoms. The predicted molar refractivity (Wildman–Crippen MR) is 80.0 cm³/mol. The van der Waals surface area contributed by atoms with Crippen molar-refractivity contribution in [3.63, 3.8) is 0 Å². The second kappa shape index (κ2) is 5.09. The van der Waals surface area contributed by atoms with Gasteiger partial charge in [0, 0.05) is 24.8 Å². The third kappa shape index (κ3) is 2.29. The zero-order chi connectivity index (χ0) is 13.4. The lowest BCUT2D eigenvalue weighted by Crippen LogP contribution is -2.44. The molecule has 2 fully saturated rings. The minimum atomic E-state index is 0.605. The topological polar surface area (TPSA) is 41.3 Å². The number of pyridine rings is 1. The average molecular weight is 271 g/mol. The maximum atomic E-state index is 5.52. The minimum absolute atomic E-state index is 0.605. The average Bonchev–Trinajstić information content (AvgIpc) is 3.22. The van der Waals surface area contributed by atoms with Crippen LogP contribution >= 0.6 is 0 Å². The van der Waals surface area contributed by atoms with Crippen LogP contribution in [0.2, 0.25) is 0 Å². The highest BCUT2D eigenvalue weighted by Crippen LogP contribution is 2.35. The Morgan fingerprint density at radius 2 is 2.20 bits per heavy atom. The first kappa shape index (κ1) is 12.2. The van der Waals surface area contributed by atoms with Crippen LogP contribution < -0.4 is 10.2 Å². The smallest absolute Gasteiger partial charge is 0.140 e. The molecule has 4 rings (SSSR count). The first-order chi connectivity index (χ1) is 9.92. The largest absolute Gasteiger partial charge is 0.464 e. The highest BCUT2D eigenvalue weighted by molar-refractivity contribution is 5.88. The molecule has 1 N–H and O–H groups in total. The Morgan fingerprint density at radius 1 is 1.25 bits per heavy atom. The molecule has 1 saturated heterocycles. The number of anilines is 1. The van der Waals surface area contributed by atoms with E-state index in [4.69, 9.17) is 4.42 Å². The monoisotopic (exact) mass is 271 g/mol. The summed E-state index contributed by atoms with van der Waals surface area (Å²) >= 11 is 0. The molecule has 1 atom stereocenters. The zero-order valence-corrected chi connectivity index (χ0v) is 11.7. The molecule has 1 saturated carbocycles. The maximum Gasteiger partial charge on any atom is 0.140 e. The summed E-state index contributed by atoms with van der Waals surface area (Å²) < 4.78 is 5.52. The summed E-state index contributed by atoms with van der Waals surface area (Å²) in [7, 11) is 0. The molecule has 1 unspecified atom stereocenters. The zero-order valence-electron chi connectivity index (χ0n) is 11.7. The Morgan fingerprint density at radius 3 is 3.00 bits per heavy atom. The molecular formula is C16H21N3O. The molecule has 2 aromatic rings. The van der Waals surface area contributed by atoms with E-state index in [1.54, 1.807) is 6.26 Å². The summed E-state index contributed by atoms with van der Waals surface area (Å²) in [5.41, 5.74) is 0.942. The van der Waals surface area contributed by atoms with Crippen LogP contribution in [0.3, 0.4) is 0 Å². The molecule has 2 aliphatic rings. The fourth-order valence-corrected chi connectivity index (χ4v) is 3.22. The molecular weight excluding hydrogens is 250 g/mol. The number of hydrogen-bond donors (Lipinski definition) is 1. The molecule has 106 valence electrons. The van der Waals surface area contributed by atoms with Crippen molar-refractivity contribution in [1.29, 1.82) is 0 Å². The van der Waals surface area contributed by atoms with Gasteiger partial charge in [0.2, 0.25) is 0 Å². The standard InChI is InChI=1S/C16H21N3O/c1-2-8-17-12(3-1)11-19(13-4-5-13)16-14-7-10-20-15(14)6-9-18-16/h6-7,9-10,12-13,17H,1-5,8,11H2. The van der Waals surface area contributed by atoms with E-state index in [2.05, 4.69) is 15.2 Å². The van der Waals surface area contributed by atoms with Gasteiger partial charge in [-0.15, -0.1) is 0 Å². The quantitative estimate of drug-likeness (QED) is 0.928. The molecule has 3 heterocycles. The number of fused-ring (bicyclic) bond motifs is 1. The van der Waals surface area contributed by atoms with Crippen LogP contribution in [-0.4, -0.2) is 30.2 Å². The number of furan rings is 1. The van der Waals surface area contributed by atoms with Gasteiger partial charge >= 0.3 is 0 Å². The fraction of sp³-hybridized carbons (Fsp3) is 0.562. The van der Waals surface area contributed by atoms with Crippen molar-refractivity contribution < 1.29 is 4.42 Å². The van der Waals surface area contributed by atoms with Crippen LogP contribution in [0.4, 0.5) is 5.82 Å². The van der Waals surface area contributed by atoms with E-state index in [0.717, 1.165) is 29.9 Å². The number of nitrogens with one attached hydrogen (secondary N) is 1. The summed E-state index contributed by atoms with van der Waals surface area (Å²) in [5, 5.41) is 4.80. The summed E-state index contributed by atoms with van der Waals surface area (Å²) in [6.45, 7) is 2.23. The molecule has 4 heteroatoms. The molecule has 0 aromatic carbocycles. The van der Waals surface area contributed by atoms with E-state index >= 15 is 0 Å². The van der Waals surface area contributed by atoms with E-state index in [1.807, 2.05) is 18.3 Å². The molecule has 2 aromatic heterocycles. The lowest BCUT2D eigenvalue weighted by Gasteiger charge is -2.31. The lowest BCUT2D eigenvalue weighted by molar-refractivity contribution is 0.398. The molecule has 0 spiro atoms. The number of hydrogen-bond acceptors (Lipinski definition) is 4. The summed E-state index contributed by atoms with van der Waals surface area (Å²) in [4.78, 5) is 7.15. The second-order valence-corrected chi connectivity index (χ2v) is 6.00. The first-order valence-corrected chi connectivity index (χ1v) is 7.74. The Hall–Kier alpha value is -1.55. The normalized spacial score (nSPS) is 23.1. The van der Waals surface area contributed by atoms with Gasteiger partial charge in [0.05, 0.1) is 11.6 Å². The SMILES string of the molecule is c1cc2occc2c(N(CC2CCCCN2)C2CC2)n1. The van der Waals surface area contributed by atoms with Crippen molar-refractivity contribution >= 4 is 16.8 Å². The van der Waals surface area contributed by atoms with Gasteiger partial charge in [0.1, 0.15) is 11.4 Å². The highest BCUT2D eigenvalue weighted by atomic mass is 16.3. The Labute approximate surface area is 119 Å². The van der Waals surface area contributed by atoms with E-state index < -0.39 is 0 Å². The van der Waals surface area contributed by atoms with Crippen LogP contribution in [0.25, 0.3) is 11.0 Å². The molecule has 4 nitrogen and oxygen atoms in total. The van der Waals surface area contributed by atoms with Gasteiger partial charge in [-0.25, -0.2) is 4.98 Å². The highest BCUT2D eigenvalue weighted by Gasteiger charge is 2.33. The number of nitrogens with zero attached hydrogens (tertiary/aromatic N) is 2. The van der Waals surface area contributed by atoms with Gasteiger partial charge in [-0.05, 0) is 44.4 Å². The molecule has 20 heavy (non-hydrogen) atoms. The lowest BCUT2D eigenvalue weighted by atomic mass is 10.0. The van der Waals surface area contributed by atoms with Gasteiger partial charge in [0.25, 0.3) is 0 Å². The Bertz CT molecular complexity index is 584. The van der Waals surface area contributed by atoms with Crippen LogP contribution in [0.15, 0.2) is 29.0 Å². The number of piperidine rings is 1. The molecule has 0 radical (unpaired) electrons. The number of rotatable bonds is 4. The van der Waals surface area contributed by atoms with Gasteiger partial charge in [-0.2, -0.15) is 0 Å². The molecule has 1 aliphatic carbocycles. The van der Waals surface area contributed by atoms with Crippen molar-refractivity contribution in [3.05, 3.63) is 24.6 Å². The van der Waals surface area contributed by atoms with Gasteiger partial charge in [-0.1, -0.05) is 6.42 Å². The summed E-state index contributed by atoms with van der Waals surface area (Å²) in [6, 6.07) is 5.27. The van der Waals surface area contributed by atoms with Gasteiger partial charge in [0.15, 0.2) is 0 Å². The number of aromatic nitrogens is 1. The molecule has 1 aliphatic heterocycles. The van der Waals surface area contributed by atoms with Crippen molar-refractivity contribution in [3.8, 4) is 0 Å². The fourth-order valence-electron chi connectivity index (χ4n) is 3.22. The summed E-state index contributed by atoms with van der Waals surface area (Å²) in [5.74, 6) is 1.10. The van der Waals surface area contributed by atoms with Crippen LogP contribution in [0.5, 0.6) is 0 Å². The van der Waals surface area contributed by atoms with Gasteiger partial charge in [-0.3, -0.25) is 0 Å². The van der Waals surface area contributed by atoms with Crippen molar-refractivity contribution in [1.82, 2.24) is 10.3 Å². The van der Waals surface area contributed by atoms with E-state index in [-0.39, 0.29) is 0 Å². The van der Waals surface area contributed by atoms with E-state index in [0.29, 0.717) is 12.1 Å². The maximum absolute atomic E-state index is 5.52. The van der Waals surface area contributed by atoms with Crippen molar-refractivity contribution in [2.24, 2.45) is 0 Å². The van der Waals surface area contributed by atoms with E-state index in [9.17, 15) is 0 Å². The minimum Gasteiger partial charge on any atom is -0.464 e. The van der Waals surface area contributed by atoms with Crippen molar-refractivity contribution in [2.75, 3.05) is 18.0 Å². The molecule has 0 amide bonds. The van der Waals surface area contributed by atoms with Crippen LogP contribution in [0, 0.1) is 0 Å². The van der Waals surface area contributed by atoms with Crippen LogP contribution in [-0.2, 0) is 0 Å². The predicted octanol–water partition coefficient (Wildman–Crippen LogP) is 2.94. The van der Waals surface area contributed by atoms with Gasteiger partial charge < -0.3 is 14.6 Å². The van der Waals surface area contributed by atoms with Crippen molar-refractivity contribution in [2.45, 2.75) is 44.2 Å². The second-order valence-electron chi connectivity index (χ2n) is 6.00. The van der Waals surface area contributed by atoms with E-state index in [1.165, 1.54) is 32.1 Å².